The van der Waals surface area contributed by atoms with Crippen molar-refractivity contribution in [1.82, 2.24) is 5.32 Å². The first kappa shape index (κ1) is 18.8. The molecular formula is C18H23ClN2O2. The normalized spacial score (nSPS) is 9.83. The van der Waals surface area contributed by atoms with Crippen LogP contribution in [-0.4, -0.2) is 19.1 Å². The maximum atomic E-state index is 12.1. The molecule has 5 heteroatoms. The van der Waals surface area contributed by atoms with Crippen LogP contribution in [-0.2, 0) is 0 Å². The summed E-state index contributed by atoms with van der Waals surface area (Å²) in [6.45, 7) is 5.05. The summed E-state index contributed by atoms with van der Waals surface area (Å²) >= 11 is 0. The number of hydrogen-bond acceptors (Lipinski definition) is 3. The summed E-state index contributed by atoms with van der Waals surface area (Å²) in [5, 5.41) is 2.89. The van der Waals surface area contributed by atoms with Crippen LogP contribution in [0.3, 0.4) is 0 Å². The van der Waals surface area contributed by atoms with Crippen molar-refractivity contribution in [3.63, 3.8) is 0 Å². The molecule has 0 unspecified atom stereocenters. The van der Waals surface area contributed by atoms with Crippen molar-refractivity contribution >= 4 is 24.0 Å². The first-order valence-corrected chi connectivity index (χ1v) is 7.40. The molecule has 0 saturated heterocycles. The number of ether oxygens (including phenoxy) is 1. The molecule has 0 aliphatic heterocycles. The van der Waals surface area contributed by atoms with Gasteiger partial charge in [-0.2, -0.15) is 0 Å². The SMILES string of the molecule is Cc1ccccc1OCCCNC(=O)c1cc(N)ccc1C.Cl. The summed E-state index contributed by atoms with van der Waals surface area (Å²) in [5.74, 6) is 0.793. The molecule has 2 rings (SSSR count). The number of benzene rings is 2. The fraction of sp³-hybridized carbons (Fsp3) is 0.278. The van der Waals surface area contributed by atoms with Crippen molar-refractivity contribution in [3.05, 3.63) is 59.2 Å². The van der Waals surface area contributed by atoms with Crippen LogP contribution in [0, 0.1) is 13.8 Å². The van der Waals surface area contributed by atoms with E-state index >= 15 is 0 Å². The van der Waals surface area contributed by atoms with Gasteiger partial charge in [-0.15, -0.1) is 12.4 Å². The topological polar surface area (TPSA) is 64.3 Å². The highest BCUT2D eigenvalue weighted by Gasteiger charge is 2.08. The van der Waals surface area contributed by atoms with Gasteiger partial charge in [-0.25, -0.2) is 0 Å². The van der Waals surface area contributed by atoms with E-state index in [0.717, 1.165) is 23.3 Å². The molecule has 0 bridgehead atoms. The summed E-state index contributed by atoms with van der Waals surface area (Å²) in [7, 11) is 0. The summed E-state index contributed by atoms with van der Waals surface area (Å²) in [5.41, 5.74) is 8.97. The van der Waals surface area contributed by atoms with E-state index < -0.39 is 0 Å². The third-order valence-electron chi connectivity index (χ3n) is 3.46. The maximum Gasteiger partial charge on any atom is 0.251 e. The largest absolute Gasteiger partial charge is 0.493 e. The van der Waals surface area contributed by atoms with Crippen molar-refractivity contribution in [3.8, 4) is 5.75 Å². The molecule has 0 aromatic heterocycles. The molecule has 3 N–H and O–H groups in total. The fourth-order valence-corrected chi connectivity index (χ4v) is 2.15. The van der Waals surface area contributed by atoms with E-state index in [0.29, 0.717) is 24.4 Å². The molecule has 0 aliphatic rings. The summed E-state index contributed by atoms with van der Waals surface area (Å²) in [4.78, 5) is 12.1. The van der Waals surface area contributed by atoms with Crippen molar-refractivity contribution in [2.45, 2.75) is 20.3 Å². The molecular weight excluding hydrogens is 312 g/mol. The van der Waals surface area contributed by atoms with Gasteiger partial charge in [0.2, 0.25) is 0 Å². The second-order valence-corrected chi connectivity index (χ2v) is 5.30. The van der Waals surface area contributed by atoms with Gasteiger partial charge in [-0.05, 0) is 49.6 Å². The molecule has 0 atom stereocenters. The quantitative estimate of drug-likeness (QED) is 0.627. The van der Waals surface area contributed by atoms with Crippen molar-refractivity contribution < 1.29 is 9.53 Å². The van der Waals surface area contributed by atoms with Gasteiger partial charge in [0.15, 0.2) is 0 Å². The van der Waals surface area contributed by atoms with E-state index in [9.17, 15) is 4.79 Å². The van der Waals surface area contributed by atoms with Gasteiger partial charge >= 0.3 is 0 Å². The Morgan fingerprint density at radius 1 is 1.13 bits per heavy atom. The number of amides is 1. The average Bonchev–Trinajstić information content (AvgIpc) is 2.51. The highest BCUT2D eigenvalue weighted by molar-refractivity contribution is 5.96. The van der Waals surface area contributed by atoms with Crippen LogP contribution >= 0.6 is 12.4 Å². The lowest BCUT2D eigenvalue weighted by Gasteiger charge is -2.10. The lowest BCUT2D eigenvalue weighted by Crippen LogP contribution is -2.26. The van der Waals surface area contributed by atoms with Crippen LogP contribution < -0.4 is 15.8 Å². The molecule has 0 saturated carbocycles. The molecule has 23 heavy (non-hydrogen) atoms. The number of nitrogens with one attached hydrogen (secondary N) is 1. The van der Waals surface area contributed by atoms with Crippen molar-refractivity contribution in [2.75, 3.05) is 18.9 Å². The molecule has 0 aliphatic carbocycles. The number of carbonyl (C=O) groups excluding carboxylic acids is 1. The summed E-state index contributed by atoms with van der Waals surface area (Å²) < 4.78 is 5.70. The Bertz CT molecular complexity index is 659. The highest BCUT2D eigenvalue weighted by Crippen LogP contribution is 2.16. The van der Waals surface area contributed by atoms with Gasteiger partial charge in [-0.1, -0.05) is 24.3 Å². The first-order valence-electron chi connectivity index (χ1n) is 7.40. The monoisotopic (exact) mass is 334 g/mol. The lowest BCUT2D eigenvalue weighted by molar-refractivity contribution is 0.0951. The molecule has 4 nitrogen and oxygen atoms in total. The number of anilines is 1. The molecule has 0 spiro atoms. The van der Waals surface area contributed by atoms with Crippen LogP contribution in [0.15, 0.2) is 42.5 Å². The van der Waals surface area contributed by atoms with Crippen LogP contribution in [0.5, 0.6) is 5.75 Å². The van der Waals surface area contributed by atoms with Gasteiger partial charge in [-0.3, -0.25) is 4.79 Å². The molecule has 1 amide bonds. The number of aryl methyl sites for hydroxylation is 2. The van der Waals surface area contributed by atoms with Gasteiger partial charge in [0.05, 0.1) is 6.61 Å². The average molecular weight is 335 g/mol. The lowest BCUT2D eigenvalue weighted by atomic mass is 10.1. The molecule has 0 heterocycles. The van der Waals surface area contributed by atoms with E-state index in [2.05, 4.69) is 5.32 Å². The summed E-state index contributed by atoms with van der Waals surface area (Å²) in [6, 6.07) is 13.2. The third kappa shape index (κ3) is 5.49. The molecule has 2 aromatic carbocycles. The van der Waals surface area contributed by atoms with Crippen LogP contribution in [0.2, 0.25) is 0 Å². The number of halogens is 1. The highest BCUT2D eigenvalue weighted by atomic mass is 35.5. The second-order valence-electron chi connectivity index (χ2n) is 5.30. The smallest absolute Gasteiger partial charge is 0.251 e. The van der Waals surface area contributed by atoms with E-state index in [1.54, 1.807) is 12.1 Å². The zero-order valence-corrected chi connectivity index (χ0v) is 14.3. The van der Waals surface area contributed by atoms with E-state index in [1.807, 2.05) is 44.2 Å². The minimum Gasteiger partial charge on any atom is -0.493 e. The molecule has 124 valence electrons. The second kappa shape index (κ2) is 9.06. The number of nitrogens with two attached hydrogens (primary N) is 1. The Balaban J connectivity index is 0.00000264. The fourth-order valence-electron chi connectivity index (χ4n) is 2.15. The Morgan fingerprint density at radius 2 is 1.87 bits per heavy atom. The van der Waals surface area contributed by atoms with Crippen molar-refractivity contribution in [1.29, 1.82) is 0 Å². The van der Waals surface area contributed by atoms with Crippen LogP contribution in [0.25, 0.3) is 0 Å². The number of nitrogen functional groups attached to an aromatic ring is 1. The Labute approximate surface area is 143 Å². The zero-order chi connectivity index (χ0) is 15.9. The number of rotatable bonds is 6. The van der Waals surface area contributed by atoms with Gasteiger partial charge in [0, 0.05) is 17.8 Å². The zero-order valence-electron chi connectivity index (χ0n) is 13.5. The Hall–Kier alpha value is -2.20. The van der Waals surface area contributed by atoms with Gasteiger partial charge < -0.3 is 15.8 Å². The molecule has 0 fully saturated rings. The molecule has 2 aromatic rings. The minimum absolute atomic E-state index is 0. The summed E-state index contributed by atoms with van der Waals surface area (Å²) in [6.07, 6.45) is 0.751. The van der Waals surface area contributed by atoms with E-state index in [-0.39, 0.29) is 18.3 Å². The predicted octanol–water partition coefficient (Wildman–Crippen LogP) is 3.51. The molecule has 0 radical (unpaired) electrons. The van der Waals surface area contributed by atoms with Crippen LogP contribution in [0.4, 0.5) is 5.69 Å². The number of para-hydroxylation sites is 1. The Morgan fingerprint density at radius 3 is 2.61 bits per heavy atom. The van der Waals surface area contributed by atoms with Gasteiger partial charge in [0.25, 0.3) is 5.91 Å². The van der Waals surface area contributed by atoms with E-state index in [1.165, 1.54) is 0 Å². The minimum atomic E-state index is -0.0966. The van der Waals surface area contributed by atoms with Crippen LogP contribution in [0.1, 0.15) is 27.9 Å². The first-order chi connectivity index (χ1) is 10.6. The third-order valence-corrected chi connectivity index (χ3v) is 3.46. The van der Waals surface area contributed by atoms with Crippen molar-refractivity contribution in [2.24, 2.45) is 0 Å². The predicted molar refractivity (Wildman–Crippen MR) is 96.5 cm³/mol. The standard InChI is InChI=1S/C18H22N2O2.ClH/c1-13-8-9-15(19)12-16(13)18(21)20-10-5-11-22-17-7-4-3-6-14(17)2;/h3-4,6-9,12H,5,10-11,19H2,1-2H3,(H,20,21);1H. The van der Waals surface area contributed by atoms with Gasteiger partial charge in [0.1, 0.15) is 5.75 Å². The van der Waals surface area contributed by atoms with E-state index in [4.69, 9.17) is 10.5 Å². The maximum absolute atomic E-state index is 12.1. The Kier molecular flexibility index (Phi) is 7.42. The number of hydrogen-bond donors (Lipinski definition) is 2. The number of carbonyl (C=O) groups is 1.